The quantitative estimate of drug-likeness (QED) is 0.637. The predicted molar refractivity (Wildman–Crippen MR) is 75.2 cm³/mol. The van der Waals surface area contributed by atoms with Crippen LogP contribution in [0.2, 0.25) is 0 Å². The molecule has 0 spiro atoms. The van der Waals surface area contributed by atoms with E-state index in [2.05, 4.69) is 17.4 Å². The lowest BCUT2D eigenvalue weighted by molar-refractivity contribution is 0.506. The van der Waals surface area contributed by atoms with Crippen LogP contribution in [-0.2, 0) is 6.54 Å². The zero-order valence-electron chi connectivity index (χ0n) is 10.4. The number of rotatable bonds is 6. The van der Waals surface area contributed by atoms with Crippen molar-refractivity contribution in [3.63, 3.8) is 0 Å². The second-order valence-corrected chi connectivity index (χ2v) is 5.26. The van der Waals surface area contributed by atoms with E-state index in [0.717, 1.165) is 23.9 Å². The van der Waals surface area contributed by atoms with E-state index in [1.807, 2.05) is 18.2 Å². The first-order chi connectivity index (χ1) is 9.25. The third-order valence-electron chi connectivity index (χ3n) is 2.60. The maximum Gasteiger partial charge on any atom is 0.159 e. The average molecular weight is 279 g/mol. The molecular weight excluding hydrogens is 264 g/mol. The first kappa shape index (κ1) is 14.0. The summed E-state index contributed by atoms with van der Waals surface area (Å²) in [5.41, 5.74) is 0.753. The largest absolute Gasteiger partial charge is 0.312 e. The van der Waals surface area contributed by atoms with Crippen LogP contribution in [0.5, 0.6) is 0 Å². The number of hydrogen-bond donors (Lipinski definition) is 1. The molecule has 0 amide bonds. The Labute approximate surface area is 116 Å². The fourth-order valence-electron chi connectivity index (χ4n) is 1.64. The molecule has 100 valence electrons. The fourth-order valence-corrected chi connectivity index (χ4v) is 2.47. The van der Waals surface area contributed by atoms with Gasteiger partial charge in [-0.25, -0.2) is 8.78 Å². The Morgan fingerprint density at radius 1 is 0.947 bits per heavy atom. The van der Waals surface area contributed by atoms with Crippen molar-refractivity contribution in [1.29, 1.82) is 0 Å². The van der Waals surface area contributed by atoms with Crippen molar-refractivity contribution in [2.45, 2.75) is 11.4 Å². The lowest BCUT2D eigenvalue weighted by Crippen LogP contribution is -2.16. The fraction of sp³-hybridized carbons (Fsp3) is 0.200. The molecule has 19 heavy (non-hydrogen) atoms. The molecule has 1 N–H and O–H groups in total. The zero-order chi connectivity index (χ0) is 13.5. The highest BCUT2D eigenvalue weighted by atomic mass is 32.2. The molecule has 0 aromatic heterocycles. The monoisotopic (exact) mass is 279 g/mol. The summed E-state index contributed by atoms with van der Waals surface area (Å²) in [7, 11) is 0. The van der Waals surface area contributed by atoms with E-state index >= 15 is 0 Å². The molecule has 1 nitrogen and oxygen atoms in total. The van der Waals surface area contributed by atoms with Gasteiger partial charge in [-0.15, -0.1) is 11.8 Å². The van der Waals surface area contributed by atoms with Gasteiger partial charge in [0, 0.05) is 23.7 Å². The molecule has 4 heteroatoms. The molecule has 0 saturated heterocycles. The third-order valence-corrected chi connectivity index (χ3v) is 3.62. The Kier molecular flexibility index (Phi) is 5.36. The Morgan fingerprint density at radius 2 is 1.74 bits per heavy atom. The van der Waals surface area contributed by atoms with Gasteiger partial charge in [0.15, 0.2) is 11.6 Å². The van der Waals surface area contributed by atoms with Crippen LogP contribution in [-0.4, -0.2) is 12.3 Å². The molecule has 2 rings (SSSR count). The van der Waals surface area contributed by atoms with Gasteiger partial charge in [0.1, 0.15) is 0 Å². The van der Waals surface area contributed by atoms with E-state index in [9.17, 15) is 8.78 Å². The van der Waals surface area contributed by atoms with Gasteiger partial charge in [-0.05, 0) is 29.8 Å². The van der Waals surface area contributed by atoms with Crippen LogP contribution in [0, 0.1) is 11.6 Å². The molecule has 0 aliphatic carbocycles. The highest BCUT2D eigenvalue weighted by Crippen LogP contribution is 2.15. The highest BCUT2D eigenvalue weighted by molar-refractivity contribution is 7.99. The average Bonchev–Trinajstić information content (AvgIpc) is 2.43. The summed E-state index contributed by atoms with van der Waals surface area (Å²) in [5.74, 6) is -0.658. The van der Waals surface area contributed by atoms with E-state index in [4.69, 9.17) is 0 Å². The van der Waals surface area contributed by atoms with Gasteiger partial charge in [-0.1, -0.05) is 24.3 Å². The normalized spacial score (nSPS) is 10.6. The number of benzene rings is 2. The van der Waals surface area contributed by atoms with Crippen LogP contribution < -0.4 is 5.32 Å². The van der Waals surface area contributed by atoms with Crippen molar-refractivity contribution >= 4 is 11.8 Å². The van der Waals surface area contributed by atoms with Gasteiger partial charge >= 0.3 is 0 Å². The van der Waals surface area contributed by atoms with Crippen LogP contribution in [0.25, 0.3) is 0 Å². The summed E-state index contributed by atoms with van der Waals surface area (Å²) < 4.78 is 25.7. The molecule has 0 atom stereocenters. The Bertz CT molecular complexity index is 517. The van der Waals surface area contributed by atoms with E-state index in [1.165, 1.54) is 11.0 Å². The van der Waals surface area contributed by atoms with Crippen molar-refractivity contribution < 1.29 is 8.78 Å². The first-order valence-electron chi connectivity index (χ1n) is 6.08. The minimum absolute atomic E-state index is 0.548. The van der Waals surface area contributed by atoms with Crippen molar-refractivity contribution in [1.82, 2.24) is 5.32 Å². The van der Waals surface area contributed by atoms with E-state index in [1.54, 1.807) is 17.8 Å². The molecule has 0 unspecified atom stereocenters. The zero-order valence-corrected chi connectivity index (χ0v) is 11.2. The standard InChI is InChI=1S/C15H15F2NS/c16-14-7-6-12(10-15(14)17)11-18-8-9-19-13-4-2-1-3-5-13/h1-7,10,18H,8-9,11H2. The number of nitrogens with one attached hydrogen (secondary N) is 1. The summed E-state index contributed by atoms with van der Waals surface area (Å²) >= 11 is 1.76. The predicted octanol–water partition coefficient (Wildman–Crippen LogP) is 3.85. The maximum absolute atomic E-state index is 13.0. The van der Waals surface area contributed by atoms with E-state index in [0.29, 0.717) is 6.54 Å². The highest BCUT2D eigenvalue weighted by Gasteiger charge is 2.01. The summed E-state index contributed by atoms with van der Waals surface area (Å²) in [6.45, 7) is 1.37. The van der Waals surface area contributed by atoms with Gasteiger partial charge in [-0.3, -0.25) is 0 Å². The summed E-state index contributed by atoms with van der Waals surface area (Å²) in [5, 5.41) is 3.21. The van der Waals surface area contributed by atoms with Crippen molar-refractivity contribution in [2.24, 2.45) is 0 Å². The minimum atomic E-state index is -0.802. The summed E-state index contributed by atoms with van der Waals surface area (Å²) in [6, 6.07) is 14.1. The molecule has 0 radical (unpaired) electrons. The van der Waals surface area contributed by atoms with Crippen LogP contribution in [0.1, 0.15) is 5.56 Å². The SMILES string of the molecule is Fc1ccc(CNCCSc2ccccc2)cc1F. The molecule has 0 aliphatic rings. The minimum Gasteiger partial charge on any atom is -0.312 e. The lowest BCUT2D eigenvalue weighted by Gasteiger charge is -2.05. The van der Waals surface area contributed by atoms with Crippen LogP contribution in [0.4, 0.5) is 8.78 Å². The molecule has 0 fully saturated rings. The lowest BCUT2D eigenvalue weighted by atomic mass is 10.2. The van der Waals surface area contributed by atoms with E-state index < -0.39 is 11.6 Å². The van der Waals surface area contributed by atoms with Gasteiger partial charge < -0.3 is 5.32 Å². The summed E-state index contributed by atoms with van der Waals surface area (Å²) in [4.78, 5) is 1.23. The Hall–Kier alpha value is -1.39. The van der Waals surface area contributed by atoms with Gasteiger partial charge in [-0.2, -0.15) is 0 Å². The smallest absolute Gasteiger partial charge is 0.159 e. The van der Waals surface area contributed by atoms with Crippen molar-refractivity contribution in [2.75, 3.05) is 12.3 Å². The van der Waals surface area contributed by atoms with Crippen LogP contribution in [0.3, 0.4) is 0 Å². The van der Waals surface area contributed by atoms with Gasteiger partial charge in [0.2, 0.25) is 0 Å². The molecule has 0 heterocycles. The topological polar surface area (TPSA) is 12.0 Å². The molecule has 2 aromatic rings. The number of hydrogen-bond acceptors (Lipinski definition) is 2. The molecule has 0 saturated carbocycles. The number of halogens is 2. The van der Waals surface area contributed by atoms with Gasteiger partial charge in [0.25, 0.3) is 0 Å². The second-order valence-electron chi connectivity index (χ2n) is 4.09. The first-order valence-corrected chi connectivity index (χ1v) is 7.07. The Balaban J connectivity index is 1.68. The third kappa shape index (κ3) is 4.65. The molecular formula is C15H15F2NS. The number of thioether (sulfide) groups is 1. The molecule has 2 aromatic carbocycles. The summed E-state index contributed by atoms with van der Waals surface area (Å²) in [6.07, 6.45) is 0. The van der Waals surface area contributed by atoms with Crippen LogP contribution >= 0.6 is 11.8 Å². The second kappa shape index (κ2) is 7.26. The van der Waals surface area contributed by atoms with Crippen molar-refractivity contribution in [3.8, 4) is 0 Å². The maximum atomic E-state index is 13.0. The Morgan fingerprint density at radius 3 is 2.47 bits per heavy atom. The van der Waals surface area contributed by atoms with Crippen LogP contribution in [0.15, 0.2) is 53.4 Å². The van der Waals surface area contributed by atoms with Gasteiger partial charge in [0.05, 0.1) is 0 Å². The molecule has 0 bridgehead atoms. The van der Waals surface area contributed by atoms with E-state index in [-0.39, 0.29) is 0 Å². The van der Waals surface area contributed by atoms with Crippen molar-refractivity contribution in [3.05, 3.63) is 65.7 Å². The molecule has 0 aliphatic heterocycles.